The van der Waals surface area contributed by atoms with Crippen molar-refractivity contribution < 1.29 is 9.53 Å². The maximum atomic E-state index is 11.9. The molecule has 0 atom stereocenters. The highest BCUT2D eigenvalue weighted by Crippen LogP contribution is 2.28. The molecule has 0 aliphatic carbocycles. The number of aromatic nitrogens is 6. The molecule has 10 nitrogen and oxygen atoms in total. The number of methoxy groups -OCH3 is 1. The Bertz CT molecular complexity index is 1630. The number of nitrogen functional groups attached to an aromatic ring is 1. The van der Waals surface area contributed by atoms with Gasteiger partial charge < -0.3 is 15.5 Å². The van der Waals surface area contributed by atoms with Crippen molar-refractivity contribution >= 4 is 22.8 Å². The second-order valence-electron chi connectivity index (χ2n) is 7.95. The molecule has 5 aromatic rings. The molecule has 0 aliphatic rings. The number of nitriles is 1. The van der Waals surface area contributed by atoms with Gasteiger partial charge in [-0.05, 0) is 48.4 Å². The number of anilines is 1. The summed E-state index contributed by atoms with van der Waals surface area (Å²) >= 11 is 0. The predicted molar refractivity (Wildman–Crippen MR) is 129 cm³/mol. The minimum Gasteiger partial charge on any atom is -0.465 e. The van der Waals surface area contributed by atoms with E-state index in [1.54, 1.807) is 35.1 Å². The minimum atomic E-state index is -0.394. The number of H-pyrrole nitrogens is 1. The van der Waals surface area contributed by atoms with Gasteiger partial charge in [-0.25, -0.2) is 19.4 Å². The maximum Gasteiger partial charge on any atom is 0.337 e. The second kappa shape index (κ2) is 8.72. The number of carbonyl (C=O) groups excluding carboxylic acids is 1. The Morgan fingerprint density at radius 1 is 1.17 bits per heavy atom. The van der Waals surface area contributed by atoms with Gasteiger partial charge in [0.15, 0.2) is 0 Å². The fraction of sp³-hybridized carbons (Fsp3) is 0.120. The molecule has 10 heteroatoms. The van der Waals surface area contributed by atoms with Gasteiger partial charge >= 0.3 is 5.97 Å². The number of aromatic amines is 1. The average Bonchev–Trinajstić information content (AvgIpc) is 3.50. The third-order valence-electron chi connectivity index (χ3n) is 5.80. The smallest absolute Gasteiger partial charge is 0.337 e. The van der Waals surface area contributed by atoms with Crippen LogP contribution in [-0.2, 0) is 11.3 Å². The first kappa shape index (κ1) is 21.8. The van der Waals surface area contributed by atoms with Crippen LogP contribution in [0.5, 0.6) is 0 Å². The van der Waals surface area contributed by atoms with Gasteiger partial charge in [0.25, 0.3) is 0 Å². The van der Waals surface area contributed by atoms with Crippen LogP contribution in [0.25, 0.3) is 33.5 Å². The van der Waals surface area contributed by atoms with Crippen molar-refractivity contribution in [1.29, 1.82) is 5.26 Å². The Labute approximate surface area is 200 Å². The fourth-order valence-electron chi connectivity index (χ4n) is 3.99. The highest BCUT2D eigenvalue weighted by Gasteiger charge is 2.15. The molecule has 0 bridgehead atoms. The SMILES string of the molecule is COC(=O)c1ccc2[nH]cc(Cn3cc(-c4cc(-c5cccc(C#N)c5C)nc(N)n4)nn3)c2c1. The van der Waals surface area contributed by atoms with E-state index in [2.05, 4.69) is 31.3 Å². The van der Waals surface area contributed by atoms with Gasteiger partial charge in [0.1, 0.15) is 5.69 Å². The molecule has 0 spiro atoms. The lowest BCUT2D eigenvalue weighted by Gasteiger charge is -2.08. The van der Waals surface area contributed by atoms with Crippen molar-refractivity contribution in [3.63, 3.8) is 0 Å². The summed E-state index contributed by atoms with van der Waals surface area (Å²) in [5, 5.41) is 18.8. The van der Waals surface area contributed by atoms with E-state index in [1.165, 1.54) is 7.11 Å². The predicted octanol–water partition coefficient (Wildman–Crippen LogP) is 3.48. The van der Waals surface area contributed by atoms with Gasteiger partial charge in [-0.1, -0.05) is 17.3 Å². The second-order valence-corrected chi connectivity index (χ2v) is 7.95. The molecule has 0 aliphatic heterocycles. The van der Waals surface area contributed by atoms with Crippen LogP contribution in [0.1, 0.15) is 27.0 Å². The topological polar surface area (TPSA) is 148 Å². The maximum absolute atomic E-state index is 11.9. The molecular formula is C25H20N8O2. The summed E-state index contributed by atoms with van der Waals surface area (Å²) in [6.45, 7) is 2.29. The third-order valence-corrected chi connectivity index (χ3v) is 5.80. The van der Waals surface area contributed by atoms with Crippen LogP contribution in [0, 0.1) is 18.3 Å². The quantitative estimate of drug-likeness (QED) is 0.376. The number of esters is 1. The van der Waals surface area contributed by atoms with Gasteiger partial charge in [-0.3, -0.25) is 0 Å². The molecule has 3 aromatic heterocycles. The lowest BCUT2D eigenvalue weighted by atomic mass is 10.00. The van der Waals surface area contributed by atoms with E-state index < -0.39 is 5.97 Å². The lowest BCUT2D eigenvalue weighted by Crippen LogP contribution is -2.02. The van der Waals surface area contributed by atoms with Crippen LogP contribution in [-0.4, -0.2) is 43.0 Å². The molecular weight excluding hydrogens is 444 g/mol. The summed E-state index contributed by atoms with van der Waals surface area (Å²) in [6.07, 6.45) is 3.64. The van der Waals surface area contributed by atoms with E-state index >= 15 is 0 Å². The number of fused-ring (bicyclic) bond motifs is 1. The largest absolute Gasteiger partial charge is 0.465 e. The van der Waals surface area contributed by atoms with Crippen LogP contribution >= 0.6 is 0 Å². The van der Waals surface area contributed by atoms with Gasteiger partial charge in [0.2, 0.25) is 5.95 Å². The van der Waals surface area contributed by atoms with Gasteiger partial charge in [-0.15, -0.1) is 5.10 Å². The summed E-state index contributed by atoms with van der Waals surface area (Å²) in [4.78, 5) is 23.8. The number of hydrogen-bond donors (Lipinski definition) is 2. The molecule has 5 rings (SSSR count). The monoisotopic (exact) mass is 464 g/mol. The number of carbonyl (C=O) groups is 1. The van der Waals surface area contributed by atoms with E-state index in [0.29, 0.717) is 34.8 Å². The first-order valence-electron chi connectivity index (χ1n) is 10.7. The summed E-state index contributed by atoms with van der Waals surface area (Å²) in [5.41, 5.74) is 12.1. The minimum absolute atomic E-state index is 0.0979. The van der Waals surface area contributed by atoms with E-state index in [-0.39, 0.29) is 5.95 Å². The number of hydrogen-bond acceptors (Lipinski definition) is 8. The molecule has 0 radical (unpaired) electrons. The first-order chi connectivity index (χ1) is 17.0. The first-order valence-corrected chi connectivity index (χ1v) is 10.7. The number of nitrogens with two attached hydrogens (primary N) is 1. The number of nitrogens with zero attached hydrogens (tertiary/aromatic N) is 6. The number of ether oxygens (including phenoxy) is 1. The van der Waals surface area contributed by atoms with Crippen molar-refractivity contribution in [2.45, 2.75) is 13.5 Å². The summed E-state index contributed by atoms with van der Waals surface area (Å²) in [7, 11) is 1.36. The molecule has 35 heavy (non-hydrogen) atoms. The summed E-state index contributed by atoms with van der Waals surface area (Å²) < 4.78 is 6.51. The number of nitrogens with one attached hydrogen (secondary N) is 1. The molecule has 172 valence electrons. The molecule has 0 fully saturated rings. The summed E-state index contributed by atoms with van der Waals surface area (Å²) in [6, 6.07) is 14.8. The van der Waals surface area contributed by atoms with E-state index in [1.807, 2.05) is 31.3 Å². The molecule has 3 heterocycles. The number of rotatable bonds is 5. The Hall–Kier alpha value is -5.04. The molecule has 0 saturated carbocycles. The molecule has 3 N–H and O–H groups in total. The van der Waals surface area contributed by atoms with Crippen LogP contribution in [0.4, 0.5) is 5.95 Å². The zero-order chi connectivity index (χ0) is 24.5. The summed E-state index contributed by atoms with van der Waals surface area (Å²) in [5.74, 6) is -0.296. The molecule has 0 saturated heterocycles. The molecule has 0 amide bonds. The van der Waals surface area contributed by atoms with Crippen molar-refractivity contribution in [3.05, 3.63) is 77.1 Å². The fourth-order valence-corrected chi connectivity index (χ4v) is 3.99. The van der Waals surface area contributed by atoms with Crippen LogP contribution in [0.2, 0.25) is 0 Å². The van der Waals surface area contributed by atoms with Crippen molar-refractivity contribution in [2.75, 3.05) is 12.8 Å². The highest BCUT2D eigenvalue weighted by atomic mass is 16.5. The van der Waals surface area contributed by atoms with E-state index in [4.69, 9.17) is 10.5 Å². The van der Waals surface area contributed by atoms with Crippen LogP contribution in [0.15, 0.2) is 54.9 Å². The third kappa shape index (κ3) is 4.06. The molecule has 2 aromatic carbocycles. The van der Waals surface area contributed by atoms with Crippen LogP contribution < -0.4 is 5.73 Å². The van der Waals surface area contributed by atoms with Gasteiger partial charge in [0.05, 0.1) is 48.4 Å². The Morgan fingerprint density at radius 2 is 2.00 bits per heavy atom. The Balaban J connectivity index is 1.47. The van der Waals surface area contributed by atoms with E-state index in [9.17, 15) is 10.1 Å². The molecule has 0 unspecified atom stereocenters. The Morgan fingerprint density at radius 3 is 2.80 bits per heavy atom. The van der Waals surface area contributed by atoms with Gasteiger partial charge in [0, 0.05) is 22.7 Å². The zero-order valence-electron chi connectivity index (χ0n) is 19.0. The Kier molecular flexibility index (Phi) is 5.43. The van der Waals surface area contributed by atoms with Crippen molar-refractivity contribution in [2.24, 2.45) is 0 Å². The van der Waals surface area contributed by atoms with Crippen molar-refractivity contribution in [1.82, 2.24) is 29.9 Å². The standard InChI is InChI=1S/C25H20N8O2/c1-14-16(10-26)4-3-5-18(14)21-9-22(30-25(27)29-21)23-13-33(32-31-23)12-17-11-28-20-7-6-15(8-19(17)20)24(34)35-2/h3-9,11,13,28H,12H2,1-2H3,(H2,27,29,30). The van der Waals surface area contributed by atoms with Gasteiger partial charge in [-0.2, -0.15) is 5.26 Å². The zero-order valence-corrected chi connectivity index (χ0v) is 19.0. The number of benzene rings is 2. The van der Waals surface area contributed by atoms with E-state index in [0.717, 1.165) is 27.6 Å². The van der Waals surface area contributed by atoms with Crippen LogP contribution in [0.3, 0.4) is 0 Å². The average molecular weight is 464 g/mol. The lowest BCUT2D eigenvalue weighted by molar-refractivity contribution is 0.0601. The normalized spacial score (nSPS) is 10.9. The highest BCUT2D eigenvalue weighted by molar-refractivity contribution is 5.95. The van der Waals surface area contributed by atoms with Crippen molar-refractivity contribution in [3.8, 4) is 28.7 Å².